The van der Waals surface area contributed by atoms with Crippen LogP contribution in [-0.2, 0) is 9.53 Å². The van der Waals surface area contributed by atoms with Gasteiger partial charge in [-0.15, -0.1) is 0 Å². The number of carbonyl (C=O) groups is 2. The minimum absolute atomic E-state index is 0.215. The Morgan fingerprint density at radius 1 is 1.00 bits per heavy atom. The van der Waals surface area contributed by atoms with Gasteiger partial charge in [0, 0.05) is 5.02 Å². The summed E-state index contributed by atoms with van der Waals surface area (Å²) in [6.45, 7) is 3.71. The van der Waals surface area contributed by atoms with Gasteiger partial charge in [-0.25, -0.2) is 14.6 Å². The fourth-order valence-corrected chi connectivity index (χ4v) is 5.45. The molecule has 0 aliphatic carbocycles. The molecule has 1 aromatic heterocycles. The van der Waals surface area contributed by atoms with E-state index in [2.05, 4.69) is 4.99 Å². The summed E-state index contributed by atoms with van der Waals surface area (Å²) >= 11 is 7.12. The third-order valence-electron chi connectivity index (χ3n) is 6.10. The predicted octanol–water partition coefficient (Wildman–Crippen LogP) is 4.67. The molecule has 9 heteroatoms. The van der Waals surface area contributed by atoms with Crippen molar-refractivity contribution in [2.45, 2.75) is 19.9 Å². The van der Waals surface area contributed by atoms with Crippen molar-refractivity contribution in [2.75, 3.05) is 6.61 Å². The Balaban J connectivity index is 1.49. The highest BCUT2D eigenvalue weighted by molar-refractivity contribution is 7.07. The zero-order valence-electron chi connectivity index (χ0n) is 21.1. The highest BCUT2D eigenvalue weighted by Gasteiger charge is 2.33. The fourth-order valence-electron chi connectivity index (χ4n) is 4.28. The van der Waals surface area contributed by atoms with Crippen LogP contribution < -0.4 is 19.6 Å². The Bertz CT molecular complexity index is 1760. The van der Waals surface area contributed by atoms with Gasteiger partial charge >= 0.3 is 11.9 Å². The quantitative estimate of drug-likeness (QED) is 0.253. The van der Waals surface area contributed by atoms with Gasteiger partial charge in [-0.2, -0.15) is 0 Å². The van der Waals surface area contributed by atoms with Crippen molar-refractivity contribution in [1.29, 1.82) is 0 Å². The zero-order valence-corrected chi connectivity index (χ0v) is 22.7. The van der Waals surface area contributed by atoms with Gasteiger partial charge in [0.1, 0.15) is 5.75 Å². The number of hydrogen-bond donors (Lipinski definition) is 0. The SMILES string of the molecule is CCOC(=O)C1=C(C)N=c2s/c(=C\c3ccc(OC(=O)c4ccc(Cl)cc4)cc3)c(=O)n2[C@@H]1c1ccccc1. The third kappa shape index (κ3) is 5.48. The number of hydrogen-bond acceptors (Lipinski definition) is 7. The minimum atomic E-state index is -0.654. The minimum Gasteiger partial charge on any atom is -0.463 e. The summed E-state index contributed by atoms with van der Waals surface area (Å²) < 4.78 is 12.8. The maximum atomic E-state index is 13.7. The maximum Gasteiger partial charge on any atom is 0.343 e. The fraction of sp³-hybridized carbons (Fsp3) is 0.133. The van der Waals surface area contributed by atoms with Crippen LogP contribution in [0.15, 0.2) is 99.9 Å². The molecule has 3 aromatic carbocycles. The van der Waals surface area contributed by atoms with Crippen LogP contribution >= 0.6 is 22.9 Å². The topological polar surface area (TPSA) is 87.0 Å². The smallest absolute Gasteiger partial charge is 0.343 e. The van der Waals surface area contributed by atoms with Gasteiger partial charge < -0.3 is 9.47 Å². The van der Waals surface area contributed by atoms with E-state index in [1.165, 1.54) is 11.3 Å². The van der Waals surface area contributed by atoms with Crippen LogP contribution in [0.3, 0.4) is 0 Å². The first-order valence-corrected chi connectivity index (χ1v) is 13.4. The average Bonchev–Trinajstić information content (AvgIpc) is 3.23. The van der Waals surface area contributed by atoms with Crippen LogP contribution in [0, 0.1) is 0 Å². The molecule has 196 valence electrons. The van der Waals surface area contributed by atoms with Crippen molar-refractivity contribution >= 4 is 41.0 Å². The molecule has 0 unspecified atom stereocenters. The lowest BCUT2D eigenvalue weighted by Gasteiger charge is -2.24. The van der Waals surface area contributed by atoms with Gasteiger partial charge in [0.2, 0.25) is 0 Å². The molecule has 0 amide bonds. The Labute approximate surface area is 232 Å². The van der Waals surface area contributed by atoms with Crippen LogP contribution in [0.25, 0.3) is 6.08 Å². The van der Waals surface area contributed by atoms with Gasteiger partial charge in [-0.05, 0) is 67.4 Å². The predicted molar refractivity (Wildman–Crippen MR) is 150 cm³/mol. The Morgan fingerprint density at radius 3 is 2.36 bits per heavy atom. The summed E-state index contributed by atoms with van der Waals surface area (Å²) in [7, 11) is 0. The third-order valence-corrected chi connectivity index (χ3v) is 7.34. The van der Waals surface area contributed by atoms with Crippen molar-refractivity contribution in [1.82, 2.24) is 4.57 Å². The summed E-state index contributed by atoms with van der Waals surface area (Å²) in [4.78, 5) is 44.0. The molecule has 5 rings (SSSR count). The molecular weight excluding hydrogens is 536 g/mol. The lowest BCUT2D eigenvalue weighted by atomic mass is 9.96. The lowest BCUT2D eigenvalue weighted by Crippen LogP contribution is -2.39. The van der Waals surface area contributed by atoms with Crippen LogP contribution in [-0.4, -0.2) is 23.1 Å². The molecule has 0 saturated heterocycles. The van der Waals surface area contributed by atoms with Gasteiger partial charge in [-0.3, -0.25) is 9.36 Å². The summed E-state index contributed by atoms with van der Waals surface area (Å²) in [6, 6.07) is 22.0. The van der Waals surface area contributed by atoms with E-state index < -0.39 is 18.0 Å². The number of fused-ring (bicyclic) bond motifs is 1. The molecule has 39 heavy (non-hydrogen) atoms. The van der Waals surface area contributed by atoms with E-state index in [-0.39, 0.29) is 12.2 Å². The van der Waals surface area contributed by atoms with E-state index in [1.54, 1.807) is 73.0 Å². The van der Waals surface area contributed by atoms with E-state index in [4.69, 9.17) is 21.1 Å². The van der Waals surface area contributed by atoms with Gasteiger partial charge in [0.25, 0.3) is 5.56 Å². The maximum absolute atomic E-state index is 13.7. The highest BCUT2D eigenvalue weighted by atomic mass is 35.5. The number of nitrogens with zero attached hydrogens (tertiary/aromatic N) is 2. The van der Waals surface area contributed by atoms with E-state index in [1.807, 2.05) is 30.3 Å². The Kier molecular flexibility index (Phi) is 7.58. The van der Waals surface area contributed by atoms with Gasteiger partial charge in [0.15, 0.2) is 4.80 Å². The molecule has 1 atom stereocenters. The molecule has 4 aromatic rings. The molecule has 0 N–H and O–H groups in total. The highest BCUT2D eigenvalue weighted by Crippen LogP contribution is 2.30. The molecule has 0 spiro atoms. The van der Waals surface area contributed by atoms with Crippen molar-refractivity contribution in [3.63, 3.8) is 0 Å². The van der Waals surface area contributed by atoms with Gasteiger partial charge in [-0.1, -0.05) is 65.4 Å². The number of carbonyl (C=O) groups excluding carboxylic acids is 2. The first-order chi connectivity index (χ1) is 18.9. The standard InChI is InChI=1S/C30H23ClN2O5S/c1-3-37-29(36)25-18(2)32-30-33(26(25)20-7-5-4-6-8-20)27(34)24(39-30)17-19-9-15-23(16-10-19)38-28(35)21-11-13-22(31)14-12-21/h4-17,26H,3H2,1-2H3/b24-17-/t26-/m1/s1. The number of benzene rings is 3. The lowest BCUT2D eigenvalue weighted by molar-refractivity contribution is -0.139. The van der Waals surface area contributed by atoms with Crippen LogP contribution in [0.2, 0.25) is 5.02 Å². The molecule has 0 saturated carbocycles. The molecule has 0 fully saturated rings. The first kappa shape index (κ1) is 26.3. The van der Waals surface area contributed by atoms with Crippen molar-refractivity contribution < 1.29 is 19.1 Å². The van der Waals surface area contributed by atoms with Crippen molar-refractivity contribution in [3.8, 4) is 5.75 Å². The second-order valence-electron chi connectivity index (χ2n) is 8.68. The Morgan fingerprint density at radius 2 is 1.69 bits per heavy atom. The van der Waals surface area contributed by atoms with E-state index in [9.17, 15) is 14.4 Å². The number of thiazole rings is 1. The molecule has 0 bridgehead atoms. The number of allylic oxidation sites excluding steroid dienone is 1. The van der Waals surface area contributed by atoms with Gasteiger partial charge in [0.05, 0.1) is 34.0 Å². The second kappa shape index (κ2) is 11.2. The molecule has 2 heterocycles. The number of aromatic nitrogens is 1. The summed E-state index contributed by atoms with van der Waals surface area (Å²) in [5, 5.41) is 0.531. The summed E-state index contributed by atoms with van der Waals surface area (Å²) in [5.74, 6) is -0.626. The van der Waals surface area contributed by atoms with E-state index in [0.29, 0.717) is 36.9 Å². The van der Waals surface area contributed by atoms with Crippen LogP contribution in [0.4, 0.5) is 0 Å². The number of ether oxygens (including phenoxy) is 2. The van der Waals surface area contributed by atoms with Crippen LogP contribution in [0.1, 0.15) is 41.4 Å². The summed E-state index contributed by atoms with van der Waals surface area (Å²) in [6.07, 6.45) is 1.75. The molecule has 1 aliphatic rings. The average molecular weight is 559 g/mol. The molecule has 0 radical (unpaired) electrons. The molecule has 1 aliphatic heterocycles. The van der Waals surface area contributed by atoms with E-state index in [0.717, 1.165) is 11.1 Å². The van der Waals surface area contributed by atoms with Crippen molar-refractivity contribution in [2.24, 2.45) is 4.99 Å². The number of halogens is 1. The number of esters is 2. The first-order valence-electron chi connectivity index (χ1n) is 12.2. The molecular formula is C30H23ClN2O5S. The van der Waals surface area contributed by atoms with E-state index >= 15 is 0 Å². The largest absolute Gasteiger partial charge is 0.463 e. The molecule has 7 nitrogen and oxygen atoms in total. The summed E-state index contributed by atoms with van der Waals surface area (Å²) in [5.41, 5.74) is 2.50. The monoisotopic (exact) mass is 558 g/mol. The second-order valence-corrected chi connectivity index (χ2v) is 10.1. The van der Waals surface area contributed by atoms with Crippen LogP contribution in [0.5, 0.6) is 5.75 Å². The Hall–Kier alpha value is -4.27. The normalized spacial score (nSPS) is 14.9. The number of rotatable bonds is 6. The zero-order chi connectivity index (χ0) is 27.5. The van der Waals surface area contributed by atoms with Crippen molar-refractivity contribution in [3.05, 3.63) is 132 Å².